The number of hydrogen-bond donors (Lipinski definition) is 0. The third-order valence-corrected chi connectivity index (χ3v) is 3.82. The third-order valence-electron chi connectivity index (χ3n) is 3.82. The van der Waals surface area contributed by atoms with Crippen LogP contribution in [0, 0.1) is 12.7 Å². The molecule has 114 valence electrons. The highest BCUT2D eigenvalue weighted by Gasteiger charge is 2.11. The molecule has 22 heavy (non-hydrogen) atoms. The molecule has 0 saturated heterocycles. The Kier molecular flexibility index (Phi) is 3.88. The molecule has 0 N–H and O–H groups in total. The first-order chi connectivity index (χ1) is 10.5. The van der Waals surface area contributed by atoms with E-state index in [0.717, 1.165) is 5.56 Å². The predicted octanol–water partition coefficient (Wildman–Crippen LogP) is 5.25. The van der Waals surface area contributed by atoms with Crippen LogP contribution in [-0.4, -0.2) is 4.57 Å². The average Bonchev–Trinajstić information content (AvgIpc) is 2.83. The largest absolute Gasteiger partial charge is 0.489 e. The van der Waals surface area contributed by atoms with E-state index in [1.807, 2.05) is 0 Å². The number of rotatable bonds is 4. The maximum Gasteiger partial charge on any atom is 0.126 e. The number of hydrogen-bond acceptors (Lipinski definition) is 1. The van der Waals surface area contributed by atoms with Crippen LogP contribution in [-0.2, 0) is 6.61 Å². The Morgan fingerprint density at radius 1 is 1.14 bits per heavy atom. The molecule has 0 aliphatic heterocycles. The highest BCUT2D eigenvalue weighted by atomic mass is 19.1. The van der Waals surface area contributed by atoms with Crippen LogP contribution in [0.3, 0.4) is 0 Å². The van der Waals surface area contributed by atoms with Crippen molar-refractivity contribution in [2.45, 2.75) is 33.4 Å². The quantitative estimate of drug-likeness (QED) is 0.641. The summed E-state index contributed by atoms with van der Waals surface area (Å²) < 4.78 is 21.2. The Labute approximate surface area is 130 Å². The van der Waals surface area contributed by atoms with Crippen molar-refractivity contribution in [1.29, 1.82) is 0 Å². The highest BCUT2D eigenvalue weighted by molar-refractivity contribution is 5.84. The lowest BCUT2D eigenvalue weighted by Crippen LogP contribution is -1.98. The molecule has 0 amide bonds. The zero-order valence-corrected chi connectivity index (χ0v) is 13.1. The first kappa shape index (κ1) is 14.6. The number of halogens is 1. The van der Waals surface area contributed by atoms with Crippen molar-refractivity contribution < 1.29 is 9.13 Å². The summed E-state index contributed by atoms with van der Waals surface area (Å²) in [7, 11) is 0. The second-order valence-corrected chi connectivity index (χ2v) is 5.92. The van der Waals surface area contributed by atoms with E-state index in [2.05, 4.69) is 49.7 Å². The fourth-order valence-corrected chi connectivity index (χ4v) is 2.70. The van der Waals surface area contributed by atoms with Crippen LogP contribution in [0.15, 0.2) is 48.7 Å². The number of aromatic nitrogens is 1. The average molecular weight is 297 g/mol. The van der Waals surface area contributed by atoms with Gasteiger partial charge in [-0.15, -0.1) is 0 Å². The minimum atomic E-state index is -0.280. The van der Waals surface area contributed by atoms with Gasteiger partial charge in [0.25, 0.3) is 0 Å². The van der Waals surface area contributed by atoms with Gasteiger partial charge in [0, 0.05) is 34.8 Å². The van der Waals surface area contributed by atoms with E-state index >= 15 is 0 Å². The summed E-state index contributed by atoms with van der Waals surface area (Å²) in [4.78, 5) is 0. The van der Waals surface area contributed by atoms with Gasteiger partial charge in [0.1, 0.15) is 18.2 Å². The summed E-state index contributed by atoms with van der Waals surface area (Å²) in [5, 5.41) is 1.20. The fraction of sp³-hybridized carbons (Fsp3) is 0.263. The Morgan fingerprint density at radius 2 is 1.95 bits per heavy atom. The second-order valence-electron chi connectivity index (χ2n) is 5.92. The van der Waals surface area contributed by atoms with Crippen molar-refractivity contribution in [3.63, 3.8) is 0 Å². The lowest BCUT2D eigenvalue weighted by Gasteiger charge is -2.08. The van der Waals surface area contributed by atoms with Crippen LogP contribution >= 0.6 is 0 Å². The van der Waals surface area contributed by atoms with Crippen molar-refractivity contribution >= 4 is 10.9 Å². The number of ether oxygens (including phenoxy) is 1. The normalized spacial score (nSPS) is 11.3. The van der Waals surface area contributed by atoms with Gasteiger partial charge in [-0.3, -0.25) is 0 Å². The molecular weight excluding hydrogens is 277 g/mol. The van der Waals surface area contributed by atoms with E-state index in [-0.39, 0.29) is 5.82 Å². The SMILES string of the molecule is Cc1ccc2c(c1)c(COc1cccc(F)c1)cn2C(C)C. The number of aryl methyl sites for hydroxylation is 1. The molecule has 0 radical (unpaired) electrons. The molecule has 0 aliphatic rings. The highest BCUT2D eigenvalue weighted by Crippen LogP contribution is 2.27. The molecular formula is C19H20FNO. The van der Waals surface area contributed by atoms with Crippen molar-refractivity contribution in [3.05, 3.63) is 65.6 Å². The molecule has 0 spiro atoms. The van der Waals surface area contributed by atoms with Crippen LogP contribution in [0.1, 0.15) is 31.0 Å². The van der Waals surface area contributed by atoms with E-state index < -0.39 is 0 Å². The van der Waals surface area contributed by atoms with E-state index in [9.17, 15) is 4.39 Å². The Hall–Kier alpha value is -2.29. The smallest absolute Gasteiger partial charge is 0.126 e. The summed E-state index contributed by atoms with van der Waals surface area (Å²) in [6, 6.07) is 13.1. The van der Waals surface area contributed by atoms with Crippen LogP contribution in [0.2, 0.25) is 0 Å². The zero-order chi connectivity index (χ0) is 15.7. The fourth-order valence-electron chi connectivity index (χ4n) is 2.70. The lowest BCUT2D eigenvalue weighted by molar-refractivity contribution is 0.305. The zero-order valence-electron chi connectivity index (χ0n) is 13.1. The van der Waals surface area contributed by atoms with E-state index in [1.54, 1.807) is 12.1 Å². The molecule has 2 nitrogen and oxygen atoms in total. The number of fused-ring (bicyclic) bond motifs is 1. The molecule has 0 aliphatic carbocycles. The summed E-state index contributed by atoms with van der Waals surface area (Å²) in [6.45, 7) is 6.85. The standard InChI is InChI=1S/C19H20FNO/c1-13(2)21-11-15(18-9-14(3)7-8-19(18)21)12-22-17-6-4-5-16(20)10-17/h4-11,13H,12H2,1-3H3. The minimum Gasteiger partial charge on any atom is -0.489 e. The van der Waals surface area contributed by atoms with Crippen molar-refractivity contribution in [3.8, 4) is 5.75 Å². The summed E-state index contributed by atoms with van der Waals surface area (Å²) in [5.41, 5.74) is 3.55. The first-order valence-electron chi connectivity index (χ1n) is 7.53. The lowest BCUT2D eigenvalue weighted by atomic mass is 10.1. The number of nitrogens with zero attached hydrogens (tertiary/aromatic N) is 1. The summed E-state index contributed by atoms with van der Waals surface area (Å²) >= 11 is 0. The molecule has 0 bridgehead atoms. The second kappa shape index (κ2) is 5.84. The molecule has 3 rings (SSSR count). The van der Waals surface area contributed by atoms with Gasteiger partial charge < -0.3 is 9.30 Å². The maximum atomic E-state index is 13.2. The van der Waals surface area contributed by atoms with Gasteiger partial charge in [0.05, 0.1) is 0 Å². The molecule has 1 aromatic heterocycles. The molecule has 1 heterocycles. The van der Waals surface area contributed by atoms with Gasteiger partial charge in [-0.2, -0.15) is 0 Å². The topological polar surface area (TPSA) is 14.2 Å². The van der Waals surface area contributed by atoms with Gasteiger partial charge in [0.2, 0.25) is 0 Å². The molecule has 3 aromatic rings. The van der Waals surface area contributed by atoms with Gasteiger partial charge in [-0.1, -0.05) is 17.7 Å². The van der Waals surface area contributed by atoms with E-state index in [1.165, 1.54) is 28.6 Å². The summed E-state index contributed by atoms with van der Waals surface area (Å²) in [6.07, 6.45) is 2.13. The van der Waals surface area contributed by atoms with E-state index in [4.69, 9.17) is 4.74 Å². The Balaban J connectivity index is 1.94. The molecule has 2 aromatic carbocycles. The first-order valence-corrected chi connectivity index (χ1v) is 7.53. The van der Waals surface area contributed by atoms with Gasteiger partial charge in [0.15, 0.2) is 0 Å². The summed E-state index contributed by atoms with van der Waals surface area (Å²) in [5.74, 6) is 0.274. The van der Waals surface area contributed by atoms with Gasteiger partial charge >= 0.3 is 0 Å². The molecule has 3 heteroatoms. The van der Waals surface area contributed by atoms with Crippen LogP contribution < -0.4 is 4.74 Å². The number of benzene rings is 2. The van der Waals surface area contributed by atoms with E-state index in [0.29, 0.717) is 18.4 Å². The van der Waals surface area contributed by atoms with Crippen molar-refractivity contribution in [2.75, 3.05) is 0 Å². The monoisotopic (exact) mass is 297 g/mol. The minimum absolute atomic E-state index is 0.280. The van der Waals surface area contributed by atoms with Crippen LogP contribution in [0.25, 0.3) is 10.9 Å². The van der Waals surface area contributed by atoms with Crippen LogP contribution in [0.4, 0.5) is 4.39 Å². The Morgan fingerprint density at radius 3 is 2.68 bits per heavy atom. The predicted molar refractivity (Wildman–Crippen MR) is 87.8 cm³/mol. The van der Waals surface area contributed by atoms with Crippen LogP contribution in [0.5, 0.6) is 5.75 Å². The Bertz CT molecular complexity index is 804. The molecule has 0 unspecified atom stereocenters. The van der Waals surface area contributed by atoms with Crippen molar-refractivity contribution in [1.82, 2.24) is 4.57 Å². The molecule has 0 saturated carbocycles. The van der Waals surface area contributed by atoms with Gasteiger partial charge in [-0.25, -0.2) is 4.39 Å². The van der Waals surface area contributed by atoms with Gasteiger partial charge in [-0.05, 0) is 45.0 Å². The van der Waals surface area contributed by atoms with Crippen molar-refractivity contribution in [2.24, 2.45) is 0 Å². The third kappa shape index (κ3) is 2.84. The molecule has 0 atom stereocenters. The molecule has 0 fully saturated rings. The maximum absolute atomic E-state index is 13.2.